The summed E-state index contributed by atoms with van der Waals surface area (Å²) in [5, 5.41) is 4.07. The van der Waals surface area contributed by atoms with Crippen LogP contribution in [-0.4, -0.2) is 46.4 Å². The Morgan fingerprint density at radius 2 is 2.04 bits per heavy atom. The molecular weight excluding hydrogens is 363 g/mol. The molecule has 0 bridgehead atoms. The van der Waals surface area contributed by atoms with Gasteiger partial charge < -0.3 is 9.64 Å². The first-order valence-corrected chi connectivity index (χ1v) is 8.36. The molecule has 0 N–H and O–H groups in total. The van der Waals surface area contributed by atoms with E-state index in [1.807, 2.05) is 6.92 Å². The van der Waals surface area contributed by atoms with Gasteiger partial charge in [-0.05, 0) is 32.0 Å². The molecule has 144 valence electrons. The van der Waals surface area contributed by atoms with E-state index in [9.17, 15) is 22.8 Å². The minimum Gasteiger partial charge on any atom is -0.375 e. The minimum atomic E-state index is -4.51. The zero-order valence-corrected chi connectivity index (χ0v) is 14.8. The Morgan fingerprint density at radius 1 is 1.30 bits per heavy atom. The molecule has 6 nitrogen and oxygen atoms in total. The first-order valence-electron chi connectivity index (χ1n) is 8.36. The number of hydrogen-bond donors (Lipinski definition) is 0. The molecule has 0 unspecified atom stereocenters. The molecule has 2 heterocycles. The fraction of sp³-hybridized carbons (Fsp3) is 0.389. The van der Waals surface area contributed by atoms with Gasteiger partial charge in [-0.1, -0.05) is 6.07 Å². The van der Waals surface area contributed by atoms with E-state index in [2.05, 4.69) is 5.10 Å². The second-order valence-electron chi connectivity index (χ2n) is 6.39. The summed E-state index contributed by atoms with van der Waals surface area (Å²) in [6.45, 7) is 4.34. The van der Waals surface area contributed by atoms with Gasteiger partial charge in [0.05, 0.1) is 24.0 Å². The van der Waals surface area contributed by atoms with Gasteiger partial charge in [0.1, 0.15) is 0 Å². The Kier molecular flexibility index (Phi) is 5.05. The number of morpholine rings is 1. The Balaban J connectivity index is 2.02. The number of rotatable bonds is 2. The topological polar surface area (TPSA) is 64.4 Å². The van der Waals surface area contributed by atoms with Gasteiger partial charge in [-0.15, -0.1) is 0 Å². The van der Waals surface area contributed by atoms with Gasteiger partial charge in [0, 0.05) is 24.8 Å². The van der Waals surface area contributed by atoms with Gasteiger partial charge in [-0.3, -0.25) is 9.59 Å². The molecule has 3 rings (SSSR count). The van der Waals surface area contributed by atoms with Crippen LogP contribution in [0.4, 0.5) is 13.2 Å². The molecule has 1 saturated heterocycles. The smallest absolute Gasteiger partial charge is 0.375 e. The number of alkyl halides is 3. The van der Waals surface area contributed by atoms with Crippen molar-refractivity contribution in [3.8, 4) is 5.69 Å². The first-order chi connectivity index (χ1) is 12.7. The summed E-state index contributed by atoms with van der Waals surface area (Å²) < 4.78 is 45.5. The van der Waals surface area contributed by atoms with E-state index in [1.165, 1.54) is 27.8 Å². The predicted octanol–water partition coefficient (Wildman–Crippen LogP) is 2.42. The highest BCUT2D eigenvalue weighted by Crippen LogP contribution is 2.30. The van der Waals surface area contributed by atoms with Crippen LogP contribution in [0.15, 0.2) is 35.1 Å². The first kappa shape index (κ1) is 19.1. The minimum absolute atomic E-state index is 0.117. The lowest BCUT2D eigenvalue weighted by Gasteiger charge is -2.30. The Labute approximate surface area is 153 Å². The largest absolute Gasteiger partial charge is 0.416 e. The number of amides is 1. The maximum Gasteiger partial charge on any atom is 0.416 e. The molecule has 1 aromatic carbocycles. The Bertz CT molecular complexity index is 924. The summed E-state index contributed by atoms with van der Waals surface area (Å²) in [5.41, 5.74) is -1.29. The highest BCUT2D eigenvalue weighted by Gasteiger charge is 2.31. The zero-order valence-electron chi connectivity index (χ0n) is 14.8. The Hall–Kier alpha value is -2.68. The molecule has 2 aromatic rings. The number of halogens is 3. The van der Waals surface area contributed by atoms with E-state index in [-0.39, 0.29) is 17.5 Å². The van der Waals surface area contributed by atoms with E-state index in [4.69, 9.17) is 4.74 Å². The molecule has 0 spiro atoms. The van der Waals surface area contributed by atoms with Crippen LogP contribution in [0.25, 0.3) is 5.69 Å². The van der Waals surface area contributed by atoms with Crippen molar-refractivity contribution in [2.24, 2.45) is 0 Å². The van der Waals surface area contributed by atoms with E-state index >= 15 is 0 Å². The van der Waals surface area contributed by atoms with Gasteiger partial charge in [0.25, 0.3) is 5.91 Å². The van der Waals surface area contributed by atoms with Crippen LogP contribution in [0.5, 0.6) is 0 Å². The summed E-state index contributed by atoms with van der Waals surface area (Å²) in [5.74, 6) is -0.559. The third kappa shape index (κ3) is 4.02. The van der Waals surface area contributed by atoms with Crippen LogP contribution >= 0.6 is 0 Å². The third-order valence-corrected chi connectivity index (χ3v) is 4.26. The van der Waals surface area contributed by atoms with Crippen LogP contribution in [0.3, 0.4) is 0 Å². The SMILES string of the molecule is Cc1cc(=O)c(C(=O)N2CCO[C@@H](C)C2)nn1-c1cccc(C(F)(F)F)c1. The van der Waals surface area contributed by atoms with Crippen molar-refractivity contribution in [3.05, 3.63) is 57.5 Å². The number of benzene rings is 1. The van der Waals surface area contributed by atoms with E-state index in [0.717, 1.165) is 12.1 Å². The lowest BCUT2D eigenvalue weighted by molar-refractivity contribution is -0.137. The van der Waals surface area contributed by atoms with Crippen molar-refractivity contribution in [3.63, 3.8) is 0 Å². The highest BCUT2D eigenvalue weighted by molar-refractivity contribution is 5.92. The van der Waals surface area contributed by atoms with Crippen molar-refractivity contribution < 1.29 is 22.7 Å². The molecule has 1 atom stereocenters. The molecule has 1 aliphatic rings. The van der Waals surface area contributed by atoms with Crippen LogP contribution in [0.2, 0.25) is 0 Å². The van der Waals surface area contributed by atoms with Crippen LogP contribution < -0.4 is 5.43 Å². The molecule has 0 radical (unpaired) electrons. The number of nitrogens with zero attached hydrogens (tertiary/aromatic N) is 3. The van der Waals surface area contributed by atoms with Gasteiger partial charge in [0.15, 0.2) is 5.69 Å². The molecule has 0 aliphatic carbocycles. The van der Waals surface area contributed by atoms with E-state index < -0.39 is 23.1 Å². The van der Waals surface area contributed by atoms with Crippen molar-refractivity contribution in [2.45, 2.75) is 26.1 Å². The summed E-state index contributed by atoms with van der Waals surface area (Å²) >= 11 is 0. The number of aromatic nitrogens is 2. The molecule has 9 heteroatoms. The molecule has 1 fully saturated rings. The summed E-state index contributed by atoms with van der Waals surface area (Å²) in [7, 11) is 0. The van der Waals surface area contributed by atoms with Crippen LogP contribution in [0, 0.1) is 6.92 Å². The van der Waals surface area contributed by atoms with Crippen LogP contribution in [0.1, 0.15) is 28.7 Å². The molecule has 1 aliphatic heterocycles. The fourth-order valence-electron chi connectivity index (χ4n) is 2.92. The third-order valence-electron chi connectivity index (χ3n) is 4.26. The van der Waals surface area contributed by atoms with Crippen molar-refractivity contribution >= 4 is 5.91 Å². The number of aryl methyl sites for hydroxylation is 1. The molecule has 1 aromatic heterocycles. The van der Waals surface area contributed by atoms with Crippen LogP contribution in [-0.2, 0) is 10.9 Å². The van der Waals surface area contributed by atoms with Gasteiger partial charge in [-0.2, -0.15) is 18.3 Å². The zero-order chi connectivity index (χ0) is 19.8. The monoisotopic (exact) mass is 381 g/mol. The van der Waals surface area contributed by atoms with E-state index in [1.54, 1.807) is 6.92 Å². The molecule has 0 saturated carbocycles. The quantitative estimate of drug-likeness (QED) is 0.802. The fourth-order valence-corrected chi connectivity index (χ4v) is 2.92. The lowest BCUT2D eigenvalue weighted by Crippen LogP contribution is -2.46. The number of hydrogen-bond acceptors (Lipinski definition) is 4. The van der Waals surface area contributed by atoms with Crippen molar-refractivity contribution in [1.29, 1.82) is 0 Å². The summed E-state index contributed by atoms with van der Waals surface area (Å²) in [4.78, 5) is 26.4. The average Bonchev–Trinajstić information content (AvgIpc) is 2.61. The molecular formula is C18H18F3N3O3. The van der Waals surface area contributed by atoms with Gasteiger partial charge in [0.2, 0.25) is 5.43 Å². The van der Waals surface area contributed by atoms with E-state index in [0.29, 0.717) is 25.4 Å². The highest BCUT2D eigenvalue weighted by atomic mass is 19.4. The second-order valence-corrected chi connectivity index (χ2v) is 6.39. The number of carbonyl (C=O) groups is 1. The number of carbonyl (C=O) groups excluding carboxylic acids is 1. The summed E-state index contributed by atoms with van der Waals surface area (Å²) in [6.07, 6.45) is -4.68. The predicted molar refractivity (Wildman–Crippen MR) is 90.9 cm³/mol. The number of ether oxygens (including phenoxy) is 1. The van der Waals surface area contributed by atoms with Crippen molar-refractivity contribution in [2.75, 3.05) is 19.7 Å². The van der Waals surface area contributed by atoms with Gasteiger partial charge in [-0.25, -0.2) is 4.68 Å². The van der Waals surface area contributed by atoms with Crippen molar-refractivity contribution in [1.82, 2.24) is 14.7 Å². The molecule has 27 heavy (non-hydrogen) atoms. The normalized spacial score (nSPS) is 17.8. The molecule has 1 amide bonds. The second kappa shape index (κ2) is 7.15. The maximum absolute atomic E-state index is 13.0. The average molecular weight is 381 g/mol. The standard InChI is InChI=1S/C18H18F3N3O3/c1-11-8-15(25)16(17(26)23-6-7-27-12(2)10-23)22-24(11)14-5-3-4-13(9-14)18(19,20)21/h3-5,8-9,12H,6-7,10H2,1-2H3/t12-/m0/s1. The Morgan fingerprint density at radius 3 is 2.70 bits per heavy atom. The van der Waals surface area contributed by atoms with Gasteiger partial charge >= 0.3 is 6.18 Å². The maximum atomic E-state index is 13.0. The summed E-state index contributed by atoms with van der Waals surface area (Å²) in [6, 6.07) is 5.76. The lowest BCUT2D eigenvalue weighted by atomic mass is 10.2.